The monoisotopic (exact) mass is 280 g/mol. The van der Waals surface area contributed by atoms with Crippen LogP contribution in [0.15, 0.2) is 0 Å². The van der Waals surface area contributed by atoms with E-state index in [1.807, 2.05) is 0 Å². The van der Waals surface area contributed by atoms with Crippen LogP contribution in [0.1, 0.15) is 72.1 Å². The fraction of sp³-hybridized carbons (Fsp3) is 1.00. The molecule has 0 bridgehead atoms. The van der Waals surface area contributed by atoms with Crippen molar-refractivity contribution in [2.24, 2.45) is 23.5 Å². The van der Waals surface area contributed by atoms with Crippen molar-refractivity contribution in [3.8, 4) is 0 Å². The molecule has 1 saturated carbocycles. The van der Waals surface area contributed by atoms with Crippen LogP contribution in [0.25, 0.3) is 0 Å². The Kier molecular flexibility index (Phi) is 6.35. The second-order valence-corrected chi connectivity index (χ2v) is 7.65. The number of nitrogens with zero attached hydrogens (tertiary/aromatic N) is 1. The van der Waals surface area contributed by atoms with Gasteiger partial charge in [0.2, 0.25) is 0 Å². The summed E-state index contributed by atoms with van der Waals surface area (Å²) in [7, 11) is 0. The third-order valence-corrected chi connectivity index (χ3v) is 5.96. The SMILES string of the molecule is CCC1CCCCCN1CC1CC(C(C)C)CCC1N. The molecule has 4 atom stereocenters. The van der Waals surface area contributed by atoms with E-state index in [-0.39, 0.29) is 0 Å². The predicted molar refractivity (Wildman–Crippen MR) is 87.8 cm³/mol. The summed E-state index contributed by atoms with van der Waals surface area (Å²) in [5.41, 5.74) is 6.46. The van der Waals surface area contributed by atoms with Crippen LogP contribution in [0.5, 0.6) is 0 Å². The Morgan fingerprint density at radius 2 is 1.90 bits per heavy atom. The van der Waals surface area contributed by atoms with Crippen molar-refractivity contribution < 1.29 is 0 Å². The Morgan fingerprint density at radius 1 is 1.10 bits per heavy atom. The van der Waals surface area contributed by atoms with Crippen LogP contribution in [0.3, 0.4) is 0 Å². The minimum Gasteiger partial charge on any atom is -0.327 e. The Hall–Kier alpha value is -0.0800. The Bertz CT molecular complexity index is 277. The maximum Gasteiger partial charge on any atom is 0.00927 e. The van der Waals surface area contributed by atoms with Crippen molar-refractivity contribution in [1.82, 2.24) is 4.90 Å². The Morgan fingerprint density at radius 3 is 2.60 bits per heavy atom. The molecule has 0 aromatic rings. The average molecular weight is 280 g/mol. The molecule has 118 valence electrons. The third-order valence-electron chi connectivity index (χ3n) is 5.96. The molecule has 0 radical (unpaired) electrons. The molecule has 0 amide bonds. The van der Waals surface area contributed by atoms with E-state index in [1.165, 1.54) is 64.5 Å². The zero-order chi connectivity index (χ0) is 14.5. The zero-order valence-corrected chi connectivity index (χ0v) is 14.0. The highest BCUT2D eigenvalue weighted by molar-refractivity contribution is 4.87. The van der Waals surface area contributed by atoms with Gasteiger partial charge in [-0.2, -0.15) is 0 Å². The van der Waals surface area contributed by atoms with Crippen LogP contribution in [-0.4, -0.2) is 30.1 Å². The first-order valence-electron chi connectivity index (χ1n) is 9.11. The van der Waals surface area contributed by atoms with E-state index in [4.69, 9.17) is 5.73 Å². The fourth-order valence-electron chi connectivity index (χ4n) is 4.38. The lowest BCUT2D eigenvalue weighted by Crippen LogP contribution is -2.46. The standard InChI is InChI=1S/C18H36N2/c1-4-17-8-6-5-7-11-20(17)13-16-12-15(14(2)3)9-10-18(16)19/h14-18H,4-13,19H2,1-3H3. The van der Waals surface area contributed by atoms with E-state index >= 15 is 0 Å². The highest BCUT2D eigenvalue weighted by Crippen LogP contribution is 2.34. The van der Waals surface area contributed by atoms with Gasteiger partial charge in [-0.05, 0) is 62.8 Å². The Balaban J connectivity index is 1.94. The average Bonchev–Trinajstić information content (AvgIpc) is 2.66. The molecule has 2 aliphatic rings. The number of likely N-dealkylation sites (tertiary alicyclic amines) is 1. The first-order chi connectivity index (χ1) is 9.61. The highest BCUT2D eigenvalue weighted by atomic mass is 15.2. The van der Waals surface area contributed by atoms with E-state index in [0.29, 0.717) is 6.04 Å². The summed E-state index contributed by atoms with van der Waals surface area (Å²) >= 11 is 0. The fourth-order valence-corrected chi connectivity index (χ4v) is 4.38. The molecule has 2 N–H and O–H groups in total. The van der Waals surface area contributed by atoms with Crippen LogP contribution in [-0.2, 0) is 0 Å². The summed E-state index contributed by atoms with van der Waals surface area (Å²) < 4.78 is 0. The smallest absolute Gasteiger partial charge is 0.00927 e. The second-order valence-electron chi connectivity index (χ2n) is 7.65. The molecule has 1 aliphatic carbocycles. The van der Waals surface area contributed by atoms with Gasteiger partial charge in [0.25, 0.3) is 0 Å². The van der Waals surface area contributed by atoms with Gasteiger partial charge in [0.15, 0.2) is 0 Å². The molecule has 1 aliphatic heterocycles. The molecule has 0 aromatic carbocycles. The molecule has 0 aromatic heterocycles. The maximum atomic E-state index is 6.46. The van der Waals surface area contributed by atoms with E-state index < -0.39 is 0 Å². The first-order valence-corrected chi connectivity index (χ1v) is 9.11. The van der Waals surface area contributed by atoms with Gasteiger partial charge in [-0.25, -0.2) is 0 Å². The van der Waals surface area contributed by atoms with Crippen LogP contribution in [0, 0.1) is 17.8 Å². The van der Waals surface area contributed by atoms with Crippen molar-refractivity contribution in [3.05, 3.63) is 0 Å². The quantitative estimate of drug-likeness (QED) is 0.842. The minimum absolute atomic E-state index is 0.450. The lowest BCUT2D eigenvalue weighted by Gasteiger charge is -2.40. The largest absolute Gasteiger partial charge is 0.327 e. The van der Waals surface area contributed by atoms with Crippen molar-refractivity contribution in [1.29, 1.82) is 0 Å². The molecule has 1 heterocycles. The van der Waals surface area contributed by atoms with Crippen molar-refractivity contribution in [2.75, 3.05) is 13.1 Å². The van der Waals surface area contributed by atoms with E-state index in [1.54, 1.807) is 0 Å². The minimum atomic E-state index is 0.450. The van der Waals surface area contributed by atoms with Crippen LogP contribution in [0.2, 0.25) is 0 Å². The van der Waals surface area contributed by atoms with Crippen molar-refractivity contribution >= 4 is 0 Å². The van der Waals surface area contributed by atoms with E-state index in [9.17, 15) is 0 Å². The number of nitrogens with two attached hydrogens (primary N) is 1. The van der Waals surface area contributed by atoms with Gasteiger partial charge < -0.3 is 10.6 Å². The molecular weight excluding hydrogens is 244 g/mol. The molecule has 2 heteroatoms. The maximum absolute atomic E-state index is 6.46. The Labute approximate surface area is 126 Å². The second kappa shape index (κ2) is 7.79. The van der Waals surface area contributed by atoms with Crippen LogP contribution >= 0.6 is 0 Å². The normalized spacial score (nSPS) is 37.0. The number of rotatable bonds is 4. The molecule has 2 nitrogen and oxygen atoms in total. The summed E-state index contributed by atoms with van der Waals surface area (Å²) in [4.78, 5) is 2.79. The predicted octanol–water partition coefficient (Wildman–Crippen LogP) is 4.04. The summed E-state index contributed by atoms with van der Waals surface area (Å²) in [6.45, 7) is 9.72. The van der Waals surface area contributed by atoms with Gasteiger partial charge in [0.1, 0.15) is 0 Å². The van der Waals surface area contributed by atoms with Crippen molar-refractivity contribution in [3.63, 3.8) is 0 Å². The molecule has 20 heavy (non-hydrogen) atoms. The molecular formula is C18H36N2. The molecule has 2 rings (SSSR count). The zero-order valence-electron chi connectivity index (χ0n) is 14.0. The van der Waals surface area contributed by atoms with Crippen LogP contribution in [0.4, 0.5) is 0 Å². The van der Waals surface area contributed by atoms with E-state index in [0.717, 1.165) is 23.8 Å². The van der Waals surface area contributed by atoms with Gasteiger partial charge >= 0.3 is 0 Å². The van der Waals surface area contributed by atoms with Gasteiger partial charge in [0.05, 0.1) is 0 Å². The summed E-state index contributed by atoms with van der Waals surface area (Å²) in [5, 5.41) is 0. The molecule has 4 unspecified atom stereocenters. The lowest BCUT2D eigenvalue weighted by molar-refractivity contribution is 0.108. The molecule has 0 spiro atoms. The van der Waals surface area contributed by atoms with Gasteiger partial charge in [-0.3, -0.25) is 0 Å². The first kappa shape index (κ1) is 16.3. The molecule has 2 fully saturated rings. The van der Waals surface area contributed by atoms with Gasteiger partial charge in [0, 0.05) is 18.6 Å². The lowest BCUT2D eigenvalue weighted by atomic mass is 9.73. The van der Waals surface area contributed by atoms with Crippen molar-refractivity contribution in [2.45, 2.75) is 84.2 Å². The third kappa shape index (κ3) is 4.21. The summed E-state index contributed by atoms with van der Waals surface area (Å²) in [6, 6.07) is 1.27. The number of hydrogen-bond acceptors (Lipinski definition) is 2. The van der Waals surface area contributed by atoms with E-state index in [2.05, 4.69) is 25.7 Å². The molecule has 1 saturated heterocycles. The topological polar surface area (TPSA) is 29.3 Å². The van der Waals surface area contributed by atoms with Gasteiger partial charge in [-0.1, -0.05) is 33.6 Å². The summed E-state index contributed by atoms with van der Waals surface area (Å²) in [5.74, 6) is 2.48. The van der Waals surface area contributed by atoms with Gasteiger partial charge in [-0.15, -0.1) is 0 Å². The van der Waals surface area contributed by atoms with Crippen LogP contribution < -0.4 is 5.73 Å². The number of hydrogen-bond donors (Lipinski definition) is 1. The summed E-state index contributed by atoms with van der Waals surface area (Å²) in [6.07, 6.45) is 10.9. The highest BCUT2D eigenvalue weighted by Gasteiger charge is 2.32.